The van der Waals surface area contributed by atoms with Crippen molar-refractivity contribution < 1.29 is 13.2 Å². The normalized spacial score (nSPS) is 23.2. The molecule has 2 saturated heterocycles. The summed E-state index contributed by atoms with van der Waals surface area (Å²) in [5.74, 6) is 0. The van der Waals surface area contributed by atoms with Gasteiger partial charge < -0.3 is 4.74 Å². The van der Waals surface area contributed by atoms with Crippen molar-refractivity contribution in [3.05, 3.63) is 29.3 Å². The zero-order valence-electron chi connectivity index (χ0n) is 13.5. The van der Waals surface area contributed by atoms with Crippen LogP contribution < -0.4 is 0 Å². The number of aryl methyl sites for hydroxylation is 2. The Labute approximate surface area is 132 Å². The highest BCUT2D eigenvalue weighted by atomic mass is 32.2. The number of hydrogen-bond donors (Lipinski definition) is 0. The van der Waals surface area contributed by atoms with Crippen molar-refractivity contribution in [3.63, 3.8) is 0 Å². The Bertz CT molecular complexity index is 660. The molecule has 0 unspecified atom stereocenters. The summed E-state index contributed by atoms with van der Waals surface area (Å²) >= 11 is 0. The number of sulfonamides is 1. The van der Waals surface area contributed by atoms with Gasteiger partial charge in [0.15, 0.2) is 0 Å². The monoisotopic (exact) mass is 324 g/mol. The second-order valence-corrected chi connectivity index (χ2v) is 8.54. The van der Waals surface area contributed by atoms with Crippen molar-refractivity contribution in [2.75, 3.05) is 39.4 Å². The van der Waals surface area contributed by atoms with Gasteiger partial charge in [-0.3, -0.25) is 4.90 Å². The first-order valence-electron chi connectivity index (χ1n) is 7.73. The highest BCUT2D eigenvalue weighted by molar-refractivity contribution is 7.89. The minimum atomic E-state index is -3.38. The predicted molar refractivity (Wildman–Crippen MR) is 85.5 cm³/mol. The molecule has 0 radical (unpaired) electrons. The van der Waals surface area contributed by atoms with Gasteiger partial charge in [0.1, 0.15) is 0 Å². The first-order valence-corrected chi connectivity index (χ1v) is 9.17. The molecule has 0 atom stereocenters. The number of rotatable bonds is 3. The molecule has 3 rings (SSSR count). The summed E-state index contributed by atoms with van der Waals surface area (Å²) < 4.78 is 32.6. The van der Waals surface area contributed by atoms with E-state index < -0.39 is 10.0 Å². The molecule has 122 valence electrons. The van der Waals surface area contributed by atoms with Crippen LogP contribution in [0, 0.1) is 13.8 Å². The fraction of sp³-hybridized carbons (Fsp3) is 0.625. The summed E-state index contributed by atoms with van der Waals surface area (Å²) in [7, 11) is -3.38. The molecular weight excluding hydrogens is 300 g/mol. The molecule has 5 nitrogen and oxygen atoms in total. The zero-order chi connectivity index (χ0) is 16.0. The lowest BCUT2D eigenvalue weighted by Gasteiger charge is -2.54. The quantitative estimate of drug-likeness (QED) is 0.843. The van der Waals surface area contributed by atoms with Crippen LogP contribution in [0.25, 0.3) is 0 Å². The number of ether oxygens (including phenoxy) is 1. The van der Waals surface area contributed by atoms with Crippen LogP contribution in [0.4, 0.5) is 0 Å². The zero-order valence-corrected chi connectivity index (χ0v) is 14.3. The molecule has 1 aromatic rings. The van der Waals surface area contributed by atoms with Gasteiger partial charge in [-0.1, -0.05) is 17.7 Å². The molecule has 0 amide bonds. The van der Waals surface area contributed by atoms with E-state index in [1.54, 1.807) is 10.4 Å². The lowest BCUT2D eigenvalue weighted by atomic mass is 9.92. The summed E-state index contributed by atoms with van der Waals surface area (Å²) in [6, 6.07) is 5.51. The van der Waals surface area contributed by atoms with Crippen molar-refractivity contribution in [1.82, 2.24) is 9.21 Å². The van der Waals surface area contributed by atoms with Gasteiger partial charge in [0.25, 0.3) is 0 Å². The highest BCUT2D eigenvalue weighted by Gasteiger charge is 2.49. The first kappa shape index (κ1) is 15.9. The topological polar surface area (TPSA) is 49.9 Å². The van der Waals surface area contributed by atoms with E-state index >= 15 is 0 Å². The molecule has 2 aliphatic rings. The van der Waals surface area contributed by atoms with Gasteiger partial charge in [0, 0.05) is 31.7 Å². The van der Waals surface area contributed by atoms with Crippen LogP contribution in [-0.4, -0.2) is 62.6 Å². The van der Waals surface area contributed by atoms with Crippen LogP contribution in [0.15, 0.2) is 23.1 Å². The molecule has 2 heterocycles. The number of morpholine rings is 1. The van der Waals surface area contributed by atoms with E-state index in [0.29, 0.717) is 18.0 Å². The number of benzene rings is 1. The molecule has 22 heavy (non-hydrogen) atoms. The van der Waals surface area contributed by atoms with Crippen LogP contribution in [0.2, 0.25) is 0 Å². The van der Waals surface area contributed by atoms with Crippen molar-refractivity contribution >= 4 is 10.0 Å². The molecule has 0 bridgehead atoms. The van der Waals surface area contributed by atoms with Crippen LogP contribution in [0.5, 0.6) is 0 Å². The Balaban J connectivity index is 1.76. The molecule has 0 spiro atoms. The fourth-order valence-corrected chi connectivity index (χ4v) is 5.29. The Morgan fingerprint density at radius 3 is 2.36 bits per heavy atom. The van der Waals surface area contributed by atoms with Gasteiger partial charge in [-0.05, 0) is 32.4 Å². The van der Waals surface area contributed by atoms with Crippen molar-refractivity contribution in [2.45, 2.75) is 31.2 Å². The molecular formula is C16H24N2O3S. The van der Waals surface area contributed by atoms with Crippen LogP contribution in [0.3, 0.4) is 0 Å². The molecule has 2 fully saturated rings. The Kier molecular flexibility index (Phi) is 4.05. The van der Waals surface area contributed by atoms with E-state index in [4.69, 9.17) is 4.74 Å². The summed E-state index contributed by atoms with van der Waals surface area (Å²) in [4.78, 5) is 2.78. The van der Waals surface area contributed by atoms with Gasteiger partial charge in [-0.15, -0.1) is 0 Å². The third kappa shape index (κ3) is 2.69. The van der Waals surface area contributed by atoms with Crippen molar-refractivity contribution in [3.8, 4) is 0 Å². The van der Waals surface area contributed by atoms with E-state index in [0.717, 1.165) is 37.4 Å². The molecule has 0 N–H and O–H groups in total. The third-order valence-electron chi connectivity index (χ3n) is 4.76. The SMILES string of the molecule is Cc1ccc(S(=O)(=O)N2CC(C)(N3CCOCC3)C2)c(C)c1. The lowest BCUT2D eigenvalue weighted by molar-refractivity contribution is -0.0602. The van der Waals surface area contributed by atoms with Crippen LogP contribution in [-0.2, 0) is 14.8 Å². The molecule has 2 aliphatic heterocycles. The first-order chi connectivity index (χ1) is 10.3. The van der Waals surface area contributed by atoms with E-state index in [9.17, 15) is 8.42 Å². The smallest absolute Gasteiger partial charge is 0.243 e. The van der Waals surface area contributed by atoms with Crippen LogP contribution >= 0.6 is 0 Å². The average Bonchev–Trinajstić information content (AvgIpc) is 2.44. The molecule has 0 aromatic heterocycles. The lowest BCUT2D eigenvalue weighted by Crippen LogP contribution is -2.70. The van der Waals surface area contributed by atoms with E-state index in [2.05, 4.69) is 11.8 Å². The largest absolute Gasteiger partial charge is 0.379 e. The van der Waals surface area contributed by atoms with Gasteiger partial charge in [-0.25, -0.2) is 8.42 Å². The Morgan fingerprint density at radius 2 is 1.77 bits per heavy atom. The average molecular weight is 324 g/mol. The second kappa shape index (κ2) is 5.60. The maximum atomic E-state index is 12.8. The summed E-state index contributed by atoms with van der Waals surface area (Å²) in [6.07, 6.45) is 0. The fourth-order valence-electron chi connectivity index (χ4n) is 3.41. The highest BCUT2D eigenvalue weighted by Crippen LogP contribution is 2.33. The van der Waals surface area contributed by atoms with Crippen molar-refractivity contribution in [1.29, 1.82) is 0 Å². The summed E-state index contributed by atoms with van der Waals surface area (Å²) in [5, 5.41) is 0. The second-order valence-electron chi connectivity index (χ2n) is 6.64. The molecule has 6 heteroatoms. The van der Waals surface area contributed by atoms with Crippen molar-refractivity contribution in [2.24, 2.45) is 0 Å². The van der Waals surface area contributed by atoms with Crippen LogP contribution in [0.1, 0.15) is 18.1 Å². The molecule has 0 saturated carbocycles. The third-order valence-corrected chi connectivity index (χ3v) is 6.71. The number of nitrogens with zero attached hydrogens (tertiary/aromatic N) is 2. The molecule has 0 aliphatic carbocycles. The minimum Gasteiger partial charge on any atom is -0.379 e. The summed E-state index contributed by atoms with van der Waals surface area (Å²) in [5.41, 5.74) is 1.84. The predicted octanol–water partition coefficient (Wildman–Crippen LogP) is 1.40. The maximum absolute atomic E-state index is 12.8. The van der Waals surface area contributed by atoms with Gasteiger partial charge in [-0.2, -0.15) is 4.31 Å². The maximum Gasteiger partial charge on any atom is 0.243 e. The molecule has 1 aromatic carbocycles. The van der Waals surface area contributed by atoms with E-state index in [-0.39, 0.29) is 5.54 Å². The van der Waals surface area contributed by atoms with Gasteiger partial charge in [0.2, 0.25) is 10.0 Å². The van der Waals surface area contributed by atoms with E-state index in [1.807, 2.05) is 26.0 Å². The summed E-state index contributed by atoms with van der Waals surface area (Å²) in [6.45, 7) is 10.3. The van der Waals surface area contributed by atoms with Gasteiger partial charge in [0.05, 0.1) is 18.1 Å². The Morgan fingerprint density at radius 1 is 1.14 bits per heavy atom. The van der Waals surface area contributed by atoms with E-state index in [1.165, 1.54) is 0 Å². The Hall–Kier alpha value is -0.950. The van der Waals surface area contributed by atoms with Gasteiger partial charge >= 0.3 is 0 Å². The minimum absolute atomic E-state index is 0.0601. The standard InChI is InChI=1S/C16H24N2O3S/c1-13-4-5-15(14(2)10-13)22(19,20)18-11-16(3,12-18)17-6-8-21-9-7-17/h4-5,10H,6-9,11-12H2,1-3H3. The number of hydrogen-bond acceptors (Lipinski definition) is 4.